The number of carbonyl (C=O) groups is 1. The molecule has 7 heteroatoms. The zero-order chi connectivity index (χ0) is 21.3. The number of aromatic nitrogens is 1. The molecule has 0 bridgehead atoms. The minimum absolute atomic E-state index is 0.0685. The van der Waals surface area contributed by atoms with E-state index in [1.54, 1.807) is 0 Å². The maximum atomic E-state index is 13.8. The fourth-order valence-electron chi connectivity index (χ4n) is 3.22. The Morgan fingerprint density at radius 3 is 2.47 bits per heavy atom. The molecule has 3 aromatic carbocycles. The zero-order valence-electron chi connectivity index (χ0n) is 15.5. The summed E-state index contributed by atoms with van der Waals surface area (Å²) in [6, 6.07) is 17.6. The summed E-state index contributed by atoms with van der Waals surface area (Å²) in [7, 11) is 0. The first kappa shape index (κ1) is 19.4. The van der Waals surface area contributed by atoms with Gasteiger partial charge in [0.25, 0.3) is 11.5 Å². The summed E-state index contributed by atoms with van der Waals surface area (Å²) in [4.78, 5) is 24.8. The molecule has 0 aliphatic heterocycles. The smallest absolute Gasteiger partial charge is 0.257 e. The van der Waals surface area contributed by atoms with Gasteiger partial charge in [-0.05, 0) is 34.5 Å². The molecule has 0 aliphatic carbocycles. The summed E-state index contributed by atoms with van der Waals surface area (Å²) < 4.78 is 41.6. The van der Waals surface area contributed by atoms with Crippen LogP contribution in [0.4, 0.5) is 18.9 Å². The third-order valence-electron chi connectivity index (χ3n) is 4.75. The molecule has 0 atom stereocenters. The second-order valence-electron chi connectivity index (χ2n) is 6.70. The van der Waals surface area contributed by atoms with Gasteiger partial charge in [-0.1, -0.05) is 42.5 Å². The van der Waals surface area contributed by atoms with Gasteiger partial charge in [-0.15, -0.1) is 0 Å². The summed E-state index contributed by atoms with van der Waals surface area (Å²) in [6.07, 6.45) is 1.34. The first-order valence-corrected chi connectivity index (χ1v) is 9.06. The van der Waals surface area contributed by atoms with Crippen molar-refractivity contribution in [3.8, 4) is 0 Å². The molecular weight excluding hydrogens is 393 g/mol. The lowest BCUT2D eigenvalue weighted by Crippen LogP contribution is -2.23. The van der Waals surface area contributed by atoms with Crippen LogP contribution in [0.15, 0.2) is 77.7 Å². The van der Waals surface area contributed by atoms with Gasteiger partial charge >= 0.3 is 0 Å². The van der Waals surface area contributed by atoms with Crippen molar-refractivity contribution >= 4 is 22.4 Å². The van der Waals surface area contributed by atoms with E-state index in [1.807, 2.05) is 42.5 Å². The highest BCUT2D eigenvalue weighted by molar-refractivity contribution is 6.04. The summed E-state index contributed by atoms with van der Waals surface area (Å²) in [5, 5.41) is 4.20. The average molecular weight is 408 g/mol. The van der Waals surface area contributed by atoms with Crippen LogP contribution in [0.3, 0.4) is 0 Å². The van der Waals surface area contributed by atoms with E-state index in [9.17, 15) is 22.8 Å². The van der Waals surface area contributed by atoms with Crippen molar-refractivity contribution in [3.05, 3.63) is 112 Å². The molecule has 4 aromatic rings. The lowest BCUT2D eigenvalue weighted by Gasteiger charge is -2.11. The van der Waals surface area contributed by atoms with Gasteiger partial charge in [0.05, 0.1) is 17.8 Å². The van der Waals surface area contributed by atoms with E-state index in [0.29, 0.717) is 0 Å². The second kappa shape index (κ2) is 7.87. The molecule has 0 saturated heterocycles. The number of hydrogen-bond acceptors (Lipinski definition) is 2. The predicted molar refractivity (Wildman–Crippen MR) is 108 cm³/mol. The third kappa shape index (κ3) is 3.69. The molecule has 0 radical (unpaired) electrons. The third-order valence-corrected chi connectivity index (χ3v) is 4.75. The molecule has 1 aromatic heterocycles. The minimum atomic E-state index is -1.67. The highest BCUT2D eigenvalue weighted by Gasteiger charge is 2.16. The van der Waals surface area contributed by atoms with E-state index in [4.69, 9.17) is 0 Å². The summed E-state index contributed by atoms with van der Waals surface area (Å²) in [5.74, 6) is -5.28. The van der Waals surface area contributed by atoms with E-state index < -0.39 is 29.0 Å². The fourth-order valence-corrected chi connectivity index (χ4v) is 3.22. The molecule has 1 amide bonds. The first-order chi connectivity index (χ1) is 14.4. The topological polar surface area (TPSA) is 51.1 Å². The van der Waals surface area contributed by atoms with Crippen LogP contribution in [-0.4, -0.2) is 10.5 Å². The highest BCUT2D eigenvalue weighted by Crippen LogP contribution is 2.21. The van der Waals surface area contributed by atoms with Crippen molar-refractivity contribution in [2.75, 3.05) is 5.32 Å². The molecule has 0 spiro atoms. The van der Waals surface area contributed by atoms with Crippen LogP contribution in [0.5, 0.6) is 0 Å². The van der Waals surface area contributed by atoms with Crippen molar-refractivity contribution in [2.24, 2.45) is 0 Å². The number of carbonyl (C=O) groups excluding carboxylic acids is 1. The second-order valence-corrected chi connectivity index (χ2v) is 6.70. The van der Waals surface area contributed by atoms with Crippen LogP contribution >= 0.6 is 0 Å². The summed E-state index contributed by atoms with van der Waals surface area (Å²) in [6.45, 7) is 0.223. The Balaban J connectivity index is 1.64. The summed E-state index contributed by atoms with van der Waals surface area (Å²) in [5.41, 5.74) is 0.141. The molecule has 30 heavy (non-hydrogen) atoms. The van der Waals surface area contributed by atoms with Gasteiger partial charge in [0.1, 0.15) is 0 Å². The van der Waals surface area contributed by atoms with Gasteiger partial charge in [0.2, 0.25) is 0 Å². The highest BCUT2D eigenvalue weighted by atomic mass is 19.2. The van der Waals surface area contributed by atoms with Crippen molar-refractivity contribution in [1.29, 1.82) is 0 Å². The Hall–Kier alpha value is -3.87. The van der Waals surface area contributed by atoms with Gasteiger partial charge in [-0.2, -0.15) is 0 Å². The number of benzene rings is 3. The number of hydrogen-bond donors (Lipinski definition) is 1. The molecule has 150 valence electrons. The number of amides is 1. The number of anilines is 1. The first-order valence-electron chi connectivity index (χ1n) is 9.06. The van der Waals surface area contributed by atoms with E-state index in [2.05, 4.69) is 5.32 Å². The monoisotopic (exact) mass is 408 g/mol. The Kier molecular flexibility index (Phi) is 5.10. The van der Waals surface area contributed by atoms with Crippen molar-refractivity contribution < 1.29 is 18.0 Å². The number of fused-ring (bicyclic) bond motifs is 1. The van der Waals surface area contributed by atoms with Crippen LogP contribution < -0.4 is 10.9 Å². The molecule has 1 heterocycles. The van der Waals surface area contributed by atoms with Crippen LogP contribution in [-0.2, 0) is 6.54 Å². The number of rotatable bonds is 4. The van der Waals surface area contributed by atoms with Crippen molar-refractivity contribution in [3.63, 3.8) is 0 Å². The van der Waals surface area contributed by atoms with Gasteiger partial charge in [0, 0.05) is 12.3 Å². The van der Waals surface area contributed by atoms with E-state index in [1.165, 1.54) is 22.9 Å². The number of halogens is 3. The Labute approximate surface area is 169 Å². The maximum absolute atomic E-state index is 13.8. The fraction of sp³-hybridized carbons (Fsp3) is 0.0435. The molecule has 1 N–H and O–H groups in total. The summed E-state index contributed by atoms with van der Waals surface area (Å²) >= 11 is 0. The maximum Gasteiger partial charge on any atom is 0.257 e. The van der Waals surface area contributed by atoms with Crippen molar-refractivity contribution in [2.45, 2.75) is 6.54 Å². The van der Waals surface area contributed by atoms with E-state index in [-0.39, 0.29) is 17.7 Å². The normalized spacial score (nSPS) is 10.9. The van der Waals surface area contributed by atoms with Crippen LogP contribution in [0.2, 0.25) is 0 Å². The van der Waals surface area contributed by atoms with Gasteiger partial charge in [-0.3, -0.25) is 9.59 Å². The lowest BCUT2D eigenvalue weighted by atomic mass is 10.0. The zero-order valence-corrected chi connectivity index (χ0v) is 15.5. The molecule has 0 fully saturated rings. The van der Waals surface area contributed by atoms with Gasteiger partial charge < -0.3 is 9.88 Å². The largest absolute Gasteiger partial charge is 0.319 e. The Morgan fingerprint density at radius 2 is 1.63 bits per heavy atom. The Morgan fingerprint density at radius 1 is 0.867 bits per heavy atom. The van der Waals surface area contributed by atoms with Crippen LogP contribution in [0, 0.1) is 17.5 Å². The number of nitrogens with zero attached hydrogens (tertiary/aromatic N) is 1. The molecule has 0 unspecified atom stereocenters. The molecule has 0 saturated carbocycles. The van der Waals surface area contributed by atoms with Gasteiger partial charge in [-0.25, -0.2) is 13.2 Å². The molecule has 0 aliphatic rings. The predicted octanol–water partition coefficient (Wildman–Crippen LogP) is 4.72. The van der Waals surface area contributed by atoms with Gasteiger partial charge in [0.15, 0.2) is 17.5 Å². The van der Waals surface area contributed by atoms with Crippen LogP contribution in [0.25, 0.3) is 10.8 Å². The van der Waals surface area contributed by atoms with E-state index >= 15 is 0 Å². The number of nitrogens with one attached hydrogen (secondary N) is 1. The quantitative estimate of drug-likeness (QED) is 0.497. The lowest BCUT2D eigenvalue weighted by molar-refractivity contribution is 0.102. The van der Waals surface area contributed by atoms with Crippen molar-refractivity contribution in [1.82, 2.24) is 4.57 Å². The van der Waals surface area contributed by atoms with E-state index in [0.717, 1.165) is 28.5 Å². The molecule has 4 rings (SSSR count). The Bertz CT molecular complexity index is 1330. The average Bonchev–Trinajstić information content (AvgIpc) is 2.76. The standard InChI is InChI=1S/C23H15F3N2O2/c24-18-9-10-19(22(26)21(18)25)27-23(30)16-8-11-20(29)28(13-16)12-15-6-3-5-14-4-1-2-7-17(14)15/h1-11,13H,12H2,(H,27,30). The molecule has 4 nitrogen and oxygen atoms in total. The van der Waals surface area contributed by atoms with Crippen LogP contribution in [0.1, 0.15) is 15.9 Å². The number of pyridine rings is 1. The molecular formula is C23H15F3N2O2. The SMILES string of the molecule is O=C(Nc1ccc(F)c(F)c1F)c1ccc(=O)n(Cc2cccc3ccccc23)c1. The minimum Gasteiger partial charge on any atom is -0.319 e.